The lowest BCUT2D eigenvalue weighted by atomic mass is 9.99. The number of aromatic nitrogens is 2. The summed E-state index contributed by atoms with van der Waals surface area (Å²) in [6.45, 7) is 12.4. The topological polar surface area (TPSA) is 56.7 Å². The molecule has 0 bridgehead atoms. The van der Waals surface area contributed by atoms with Gasteiger partial charge < -0.3 is 15.1 Å². The number of hydrogen-bond acceptors (Lipinski definition) is 5. The standard InChI is InChI=1S/C25H34N6/c1-17(2)23(15-26-5)20-8-10-21(11-9-20)24-14-18(3)25(29-28-24)27-19(4)31(7)22-12-13-30(6)16-22/h8-11,14-15,22,26H,1,12-13,16H2,2-7H3/b23-15+,27-19?. The van der Waals surface area contributed by atoms with Gasteiger partial charge in [0.25, 0.3) is 0 Å². The lowest BCUT2D eigenvalue weighted by Crippen LogP contribution is -2.37. The number of likely N-dealkylation sites (N-methyl/N-ethyl adjacent to an activating group) is 2. The van der Waals surface area contributed by atoms with E-state index in [-0.39, 0.29) is 0 Å². The van der Waals surface area contributed by atoms with Gasteiger partial charge in [0.2, 0.25) is 0 Å². The number of nitrogens with zero attached hydrogens (tertiary/aromatic N) is 5. The van der Waals surface area contributed by atoms with E-state index in [9.17, 15) is 0 Å². The molecule has 1 atom stereocenters. The molecule has 0 amide bonds. The summed E-state index contributed by atoms with van der Waals surface area (Å²) in [6.07, 6.45) is 3.13. The third-order valence-corrected chi connectivity index (χ3v) is 5.89. The monoisotopic (exact) mass is 418 g/mol. The molecule has 1 unspecified atom stereocenters. The molecule has 0 radical (unpaired) electrons. The molecular weight excluding hydrogens is 384 g/mol. The fourth-order valence-corrected chi connectivity index (χ4v) is 3.87. The summed E-state index contributed by atoms with van der Waals surface area (Å²) < 4.78 is 0. The van der Waals surface area contributed by atoms with Crippen molar-refractivity contribution >= 4 is 17.2 Å². The van der Waals surface area contributed by atoms with Gasteiger partial charge in [0.05, 0.1) is 5.69 Å². The number of allylic oxidation sites excluding steroid dienone is 2. The van der Waals surface area contributed by atoms with Crippen molar-refractivity contribution in [1.29, 1.82) is 0 Å². The van der Waals surface area contributed by atoms with E-state index >= 15 is 0 Å². The van der Waals surface area contributed by atoms with E-state index < -0.39 is 0 Å². The van der Waals surface area contributed by atoms with Crippen LogP contribution in [0.25, 0.3) is 16.8 Å². The molecule has 2 heterocycles. The maximum atomic E-state index is 4.77. The molecule has 6 heteroatoms. The van der Waals surface area contributed by atoms with Crippen LogP contribution >= 0.6 is 0 Å². The summed E-state index contributed by atoms with van der Waals surface area (Å²) >= 11 is 0. The SMILES string of the molecule is C=C(C)/C(=C\NC)c1ccc(-c2cc(C)c(N=C(C)N(C)C3CCN(C)C3)nn2)cc1. The van der Waals surface area contributed by atoms with E-state index in [0.29, 0.717) is 11.9 Å². The summed E-state index contributed by atoms with van der Waals surface area (Å²) in [5.74, 6) is 1.65. The molecule has 1 aromatic heterocycles. The Hall–Kier alpha value is -2.99. The second-order valence-electron chi connectivity index (χ2n) is 8.42. The van der Waals surface area contributed by atoms with Crippen molar-refractivity contribution in [2.45, 2.75) is 33.2 Å². The van der Waals surface area contributed by atoms with Crippen LogP contribution in [0.4, 0.5) is 5.82 Å². The first kappa shape index (κ1) is 22.7. The highest BCUT2D eigenvalue weighted by Crippen LogP contribution is 2.26. The highest BCUT2D eigenvalue weighted by molar-refractivity contribution is 5.83. The minimum Gasteiger partial charge on any atom is -0.393 e. The largest absolute Gasteiger partial charge is 0.393 e. The van der Waals surface area contributed by atoms with Gasteiger partial charge in [-0.15, -0.1) is 10.2 Å². The molecule has 0 spiro atoms. The van der Waals surface area contributed by atoms with Crippen molar-refractivity contribution in [2.24, 2.45) is 4.99 Å². The summed E-state index contributed by atoms with van der Waals surface area (Å²) in [7, 11) is 6.17. The van der Waals surface area contributed by atoms with Crippen molar-refractivity contribution < 1.29 is 0 Å². The highest BCUT2D eigenvalue weighted by atomic mass is 15.3. The molecule has 1 N–H and O–H groups in total. The molecule has 1 fully saturated rings. The summed E-state index contributed by atoms with van der Waals surface area (Å²) in [4.78, 5) is 9.38. The second kappa shape index (κ2) is 9.88. The maximum absolute atomic E-state index is 4.77. The fraction of sp³-hybridized carbons (Fsp3) is 0.400. The van der Waals surface area contributed by atoms with Gasteiger partial charge in [-0.3, -0.25) is 0 Å². The van der Waals surface area contributed by atoms with E-state index in [1.165, 1.54) is 0 Å². The molecule has 31 heavy (non-hydrogen) atoms. The van der Waals surface area contributed by atoms with Gasteiger partial charge in [0.15, 0.2) is 5.82 Å². The number of amidine groups is 1. The van der Waals surface area contributed by atoms with Crippen molar-refractivity contribution in [3.63, 3.8) is 0 Å². The summed E-state index contributed by atoms with van der Waals surface area (Å²) in [6, 6.07) is 10.9. The molecule has 1 aliphatic rings. The van der Waals surface area contributed by atoms with E-state index in [4.69, 9.17) is 4.99 Å². The number of benzene rings is 1. The van der Waals surface area contributed by atoms with Crippen LogP contribution in [0.1, 0.15) is 31.4 Å². The lowest BCUT2D eigenvalue weighted by molar-refractivity contribution is 0.341. The zero-order chi connectivity index (χ0) is 22.5. The molecule has 0 saturated carbocycles. The van der Waals surface area contributed by atoms with Crippen molar-refractivity contribution in [2.75, 3.05) is 34.2 Å². The number of likely N-dealkylation sites (tertiary alicyclic amines) is 1. The second-order valence-corrected chi connectivity index (χ2v) is 8.42. The Morgan fingerprint density at radius 1 is 1.26 bits per heavy atom. The number of aliphatic imine (C=N–C) groups is 1. The Balaban J connectivity index is 1.79. The number of nitrogens with one attached hydrogen (secondary N) is 1. The molecule has 164 valence electrons. The number of aryl methyl sites for hydroxylation is 1. The minimum atomic E-state index is 0.501. The fourth-order valence-electron chi connectivity index (χ4n) is 3.87. The zero-order valence-corrected chi connectivity index (χ0v) is 19.6. The summed E-state index contributed by atoms with van der Waals surface area (Å²) in [5, 5.41) is 12.0. The van der Waals surface area contributed by atoms with Crippen LogP contribution in [-0.2, 0) is 0 Å². The molecular formula is C25H34N6. The van der Waals surface area contributed by atoms with Crippen LogP contribution in [0.15, 0.2) is 53.7 Å². The molecule has 1 aliphatic heterocycles. The molecule has 2 aromatic rings. The Morgan fingerprint density at radius 3 is 2.52 bits per heavy atom. The predicted molar refractivity (Wildman–Crippen MR) is 130 cm³/mol. The number of hydrogen-bond donors (Lipinski definition) is 1. The van der Waals surface area contributed by atoms with E-state index in [1.807, 2.05) is 34.0 Å². The van der Waals surface area contributed by atoms with Gasteiger partial charge in [0, 0.05) is 38.4 Å². The predicted octanol–water partition coefficient (Wildman–Crippen LogP) is 4.27. The van der Waals surface area contributed by atoms with Crippen LogP contribution < -0.4 is 5.32 Å². The maximum Gasteiger partial charge on any atom is 0.179 e. The molecule has 1 saturated heterocycles. The van der Waals surface area contributed by atoms with Crippen molar-refractivity contribution in [1.82, 2.24) is 25.3 Å². The Kier molecular flexibility index (Phi) is 7.23. The molecule has 0 aliphatic carbocycles. The third kappa shape index (κ3) is 5.39. The van der Waals surface area contributed by atoms with E-state index in [0.717, 1.165) is 58.9 Å². The Morgan fingerprint density at radius 2 is 1.97 bits per heavy atom. The zero-order valence-electron chi connectivity index (χ0n) is 19.6. The average molecular weight is 419 g/mol. The van der Waals surface area contributed by atoms with Gasteiger partial charge in [0.1, 0.15) is 5.84 Å². The first-order valence-corrected chi connectivity index (χ1v) is 10.7. The normalized spacial score (nSPS) is 17.7. The van der Waals surface area contributed by atoms with Gasteiger partial charge >= 0.3 is 0 Å². The Labute approximate surface area is 186 Å². The molecule has 3 rings (SSSR count). The van der Waals surface area contributed by atoms with Crippen LogP contribution in [0.5, 0.6) is 0 Å². The lowest BCUT2D eigenvalue weighted by Gasteiger charge is -2.26. The summed E-state index contributed by atoms with van der Waals surface area (Å²) in [5.41, 5.74) is 6.12. The van der Waals surface area contributed by atoms with Crippen LogP contribution in [0.3, 0.4) is 0 Å². The van der Waals surface area contributed by atoms with Crippen LogP contribution in [0, 0.1) is 6.92 Å². The smallest absolute Gasteiger partial charge is 0.179 e. The van der Waals surface area contributed by atoms with E-state index in [1.54, 1.807) is 0 Å². The van der Waals surface area contributed by atoms with Gasteiger partial charge in [-0.1, -0.05) is 30.8 Å². The van der Waals surface area contributed by atoms with Crippen LogP contribution in [-0.4, -0.2) is 66.1 Å². The van der Waals surface area contributed by atoms with Gasteiger partial charge in [-0.2, -0.15) is 0 Å². The minimum absolute atomic E-state index is 0.501. The van der Waals surface area contributed by atoms with Crippen molar-refractivity contribution in [3.05, 3.63) is 59.8 Å². The van der Waals surface area contributed by atoms with Gasteiger partial charge in [-0.25, -0.2) is 4.99 Å². The Bertz CT molecular complexity index is 990. The highest BCUT2D eigenvalue weighted by Gasteiger charge is 2.24. The number of rotatable bonds is 6. The molecule has 6 nitrogen and oxygen atoms in total. The van der Waals surface area contributed by atoms with E-state index in [2.05, 4.69) is 76.3 Å². The van der Waals surface area contributed by atoms with Gasteiger partial charge in [-0.05, 0) is 69.1 Å². The third-order valence-electron chi connectivity index (χ3n) is 5.89. The first-order valence-electron chi connectivity index (χ1n) is 10.7. The molecule has 1 aromatic carbocycles. The average Bonchev–Trinajstić information content (AvgIpc) is 3.19. The van der Waals surface area contributed by atoms with Crippen LogP contribution in [0.2, 0.25) is 0 Å². The quantitative estimate of drug-likeness (QED) is 0.431. The van der Waals surface area contributed by atoms with Crippen molar-refractivity contribution in [3.8, 4) is 11.3 Å². The first-order chi connectivity index (χ1) is 14.8.